The van der Waals surface area contributed by atoms with Crippen LogP contribution in [0.2, 0.25) is 0 Å². The Morgan fingerprint density at radius 3 is 2.80 bits per heavy atom. The first kappa shape index (κ1) is 12.8. The van der Waals surface area contributed by atoms with Gasteiger partial charge in [0, 0.05) is 18.9 Å². The molecule has 1 saturated carbocycles. The van der Waals surface area contributed by atoms with Crippen LogP contribution in [0, 0.1) is 0 Å². The molecule has 4 heteroatoms. The third-order valence-corrected chi connectivity index (χ3v) is 3.56. The molecule has 0 radical (unpaired) electrons. The molecule has 88 valence electrons. The second-order valence-electron chi connectivity index (χ2n) is 3.95. The minimum atomic E-state index is 0.183. The molecule has 0 bridgehead atoms. The van der Waals surface area contributed by atoms with E-state index in [0.29, 0.717) is 11.8 Å². The van der Waals surface area contributed by atoms with E-state index in [-0.39, 0.29) is 5.91 Å². The van der Waals surface area contributed by atoms with Gasteiger partial charge in [-0.3, -0.25) is 4.79 Å². The van der Waals surface area contributed by atoms with Crippen LogP contribution in [0.4, 0.5) is 0 Å². The third kappa shape index (κ3) is 6.05. The normalized spacial score (nSPS) is 17.7. The molecule has 0 aliphatic heterocycles. The van der Waals surface area contributed by atoms with Gasteiger partial charge in [0.15, 0.2) is 0 Å². The van der Waals surface area contributed by atoms with Gasteiger partial charge in [0.2, 0.25) is 5.91 Å². The van der Waals surface area contributed by atoms with Crippen molar-refractivity contribution >= 4 is 17.7 Å². The number of nitrogens with one attached hydrogen (secondary N) is 1. The van der Waals surface area contributed by atoms with E-state index < -0.39 is 0 Å². The molecule has 0 heterocycles. The average molecular weight is 231 g/mol. The summed E-state index contributed by atoms with van der Waals surface area (Å²) in [7, 11) is 1.68. The summed E-state index contributed by atoms with van der Waals surface area (Å²) in [5.74, 6) is 1.65. The van der Waals surface area contributed by atoms with Crippen molar-refractivity contribution < 1.29 is 9.53 Å². The maximum absolute atomic E-state index is 11.5. The highest BCUT2D eigenvalue weighted by Crippen LogP contribution is 2.17. The molecule has 0 unspecified atom stereocenters. The monoisotopic (exact) mass is 231 g/mol. The SMILES string of the molecule is COCCSCC(=O)NC1CCCCC1. The summed E-state index contributed by atoms with van der Waals surface area (Å²) in [6.07, 6.45) is 6.18. The van der Waals surface area contributed by atoms with Crippen molar-refractivity contribution in [2.75, 3.05) is 25.2 Å². The van der Waals surface area contributed by atoms with Gasteiger partial charge in [0.05, 0.1) is 12.4 Å². The van der Waals surface area contributed by atoms with Crippen LogP contribution in [0.1, 0.15) is 32.1 Å². The predicted molar refractivity (Wildman–Crippen MR) is 64.2 cm³/mol. The Bertz CT molecular complexity index is 181. The summed E-state index contributed by atoms with van der Waals surface area (Å²) in [6, 6.07) is 0.439. The largest absolute Gasteiger partial charge is 0.384 e. The van der Waals surface area contributed by atoms with Crippen LogP contribution < -0.4 is 5.32 Å². The standard InChI is InChI=1S/C11H21NO2S/c1-14-7-8-15-9-11(13)12-10-5-3-2-4-6-10/h10H,2-9H2,1H3,(H,12,13). The number of hydrogen-bond donors (Lipinski definition) is 1. The van der Waals surface area contributed by atoms with Crippen molar-refractivity contribution in [1.29, 1.82) is 0 Å². The number of carbonyl (C=O) groups is 1. The van der Waals surface area contributed by atoms with E-state index in [1.807, 2.05) is 0 Å². The summed E-state index contributed by atoms with van der Waals surface area (Å²) in [4.78, 5) is 11.5. The second kappa shape index (κ2) is 7.99. The number of thioether (sulfide) groups is 1. The molecule has 3 nitrogen and oxygen atoms in total. The Kier molecular flexibility index (Phi) is 6.85. The average Bonchev–Trinajstić information content (AvgIpc) is 2.26. The van der Waals surface area contributed by atoms with Crippen molar-refractivity contribution in [1.82, 2.24) is 5.32 Å². The summed E-state index contributed by atoms with van der Waals surface area (Å²) >= 11 is 1.64. The Morgan fingerprint density at radius 2 is 2.13 bits per heavy atom. The van der Waals surface area contributed by atoms with Gasteiger partial charge in [-0.2, -0.15) is 0 Å². The molecule has 0 aromatic carbocycles. The highest BCUT2D eigenvalue weighted by molar-refractivity contribution is 7.99. The van der Waals surface area contributed by atoms with E-state index in [4.69, 9.17) is 4.74 Å². The molecule has 0 atom stereocenters. The summed E-state index contributed by atoms with van der Waals surface area (Å²) in [5, 5.41) is 3.10. The lowest BCUT2D eigenvalue weighted by Crippen LogP contribution is -2.37. The summed E-state index contributed by atoms with van der Waals surface area (Å²) in [5.41, 5.74) is 0. The van der Waals surface area contributed by atoms with E-state index in [2.05, 4.69) is 5.32 Å². The fourth-order valence-electron chi connectivity index (χ4n) is 1.82. The number of carbonyl (C=O) groups excluding carboxylic acids is 1. The van der Waals surface area contributed by atoms with Crippen molar-refractivity contribution in [3.05, 3.63) is 0 Å². The zero-order valence-electron chi connectivity index (χ0n) is 9.46. The first-order chi connectivity index (χ1) is 7.33. The second-order valence-corrected chi connectivity index (χ2v) is 5.05. The summed E-state index contributed by atoms with van der Waals surface area (Å²) in [6.45, 7) is 0.724. The predicted octanol–water partition coefficient (Wildman–Crippen LogP) is 1.81. The van der Waals surface area contributed by atoms with E-state index in [1.54, 1.807) is 18.9 Å². The van der Waals surface area contributed by atoms with Gasteiger partial charge in [0.25, 0.3) is 0 Å². The maximum atomic E-state index is 11.5. The zero-order chi connectivity index (χ0) is 10.9. The lowest BCUT2D eigenvalue weighted by Gasteiger charge is -2.22. The van der Waals surface area contributed by atoms with Gasteiger partial charge >= 0.3 is 0 Å². The highest BCUT2D eigenvalue weighted by atomic mass is 32.2. The van der Waals surface area contributed by atoms with E-state index in [9.17, 15) is 4.79 Å². The van der Waals surface area contributed by atoms with Crippen LogP contribution in [0.3, 0.4) is 0 Å². The lowest BCUT2D eigenvalue weighted by atomic mass is 9.95. The molecule has 0 aromatic heterocycles. The Labute approximate surface area is 96.3 Å². The van der Waals surface area contributed by atoms with Gasteiger partial charge in [-0.1, -0.05) is 19.3 Å². The van der Waals surface area contributed by atoms with Crippen molar-refractivity contribution in [3.8, 4) is 0 Å². The molecular formula is C11H21NO2S. The van der Waals surface area contributed by atoms with Gasteiger partial charge in [-0.05, 0) is 12.8 Å². The molecular weight excluding hydrogens is 210 g/mol. The Hall–Kier alpha value is -0.220. The number of ether oxygens (including phenoxy) is 1. The minimum Gasteiger partial charge on any atom is -0.384 e. The molecule has 0 saturated heterocycles. The number of methoxy groups -OCH3 is 1. The van der Waals surface area contributed by atoms with Crippen LogP contribution in [0.25, 0.3) is 0 Å². The van der Waals surface area contributed by atoms with Gasteiger partial charge < -0.3 is 10.1 Å². The first-order valence-electron chi connectivity index (χ1n) is 5.69. The fourth-order valence-corrected chi connectivity index (χ4v) is 2.52. The lowest BCUT2D eigenvalue weighted by molar-refractivity contribution is -0.119. The molecule has 1 aliphatic rings. The quantitative estimate of drug-likeness (QED) is 0.709. The van der Waals surface area contributed by atoms with Crippen LogP contribution >= 0.6 is 11.8 Å². The van der Waals surface area contributed by atoms with E-state index in [0.717, 1.165) is 25.2 Å². The molecule has 0 spiro atoms. The molecule has 1 amide bonds. The topological polar surface area (TPSA) is 38.3 Å². The molecule has 15 heavy (non-hydrogen) atoms. The minimum absolute atomic E-state index is 0.183. The van der Waals surface area contributed by atoms with Crippen LogP contribution in [0.15, 0.2) is 0 Å². The Balaban J connectivity index is 2.01. The van der Waals surface area contributed by atoms with Gasteiger partial charge in [-0.25, -0.2) is 0 Å². The molecule has 0 aromatic rings. The van der Waals surface area contributed by atoms with Crippen LogP contribution in [0.5, 0.6) is 0 Å². The zero-order valence-corrected chi connectivity index (χ0v) is 10.3. The number of amides is 1. The fraction of sp³-hybridized carbons (Fsp3) is 0.909. The molecule has 1 rings (SSSR count). The van der Waals surface area contributed by atoms with E-state index in [1.165, 1.54) is 19.3 Å². The highest BCUT2D eigenvalue weighted by Gasteiger charge is 2.15. The van der Waals surface area contributed by atoms with Crippen LogP contribution in [-0.4, -0.2) is 37.2 Å². The third-order valence-electron chi connectivity index (χ3n) is 2.64. The van der Waals surface area contributed by atoms with Gasteiger partial charge in [-0.15, -0.1) is 11.8 Å². The van der Waals surface area contributed by atoms with Gasteiger partial charge in [0.1, 0.15) is 0 Å². The first-order valence-corrected chi connectivity index (χ1v) is 6.84. The smallest absolute Gasteiger partial charge is 0.230 e. The van der Waals surface area contributed by atoms with E-state index >= 15 is 0 Å². The maximum Gasteiger partial charge on any atom is 0.230 e. The van der Waals surface area contributed by atoms with Crippen molar-refractivity contribution in [2.45, 2.75) is 38.1 Å². The number of hydrogen-bond acceptors (Lipinski definition) is 3. The van der Waals surface area contributed by atoms with Crippen molar-refractivity contribution in [3.63, 3.8) is 0 Å². The molecule has 1 aliphatic carbocycles. The van der Waals surface area contributed by atoms with Crippen LogP contribution in [-0.2, 0) is 9.53 Å². The number of rotatable bonds is 6. The molecule has 1 fully saturated rings. The molecule has 1 N–H and O–H groups in total. The summed E-state index contributed by atoms with van der Waals surface area (Å²) < 4.78 is 4.92. The van der Waals surface area contributed by atoms with Crippen molar-refractivity contribution in [2.24, 2.45) is 0 Å². The Morgan fingerprint density at radius 1 is 1.40 bits per heavy atom.